The van der Waals surface area contributed by atoms with Crippen molar-refractivity contribution in [2.45, 2.75) is 42.8 Å². The van der Waals surface area contributed by atoms with E-state index in [-0.39, 0.29) is 11.6 Å². The Bertz CT molecular complexity index is 1250. The van der Waals surface area contributed by atoms with Crippen LogP contribution in [0.25, 0.3) is 11.2 Å². The minimum atomic E-state index is -3.25. The van der Waals surface area contributed by atoms with Crippen LogP contribution in [0, 0.1) is 6.92 Å². The number of hydrogen-bond donors (Lipinski definition) is 2. The second kappa shape index (κ2) is 7.97. The number of Topliss-reactive ketones (excluding diaryl/α,β-unsaturated/α-hetero) is 1. The zero-order valence-corrected chi connectivity index (χ0v) is 18.3. The number of carbonyl (C=O) groups excluding carboxylic acids is 1. The van der Waals surface area contributed by atoms with Crippen LogP contribution in [0.5, 0.6) is 0 Å². The summed E-state index contributed by atoms with van der Waals surface area (Å²) >= 11 is 1.44. The summed E-state index contributed by atoms with van der Waals surface area (Å²) in [5.41, 5.74) is 10.0. The van der Waals surface area contributed by atoms with Gasteiger partial charge in [0, 0.05) is 30.0 Å². The number of sulfonamides is 1. The quantitative estimate of drug-likeness (QED) is 0.526. The van der Waals surface area contributed by atoms with Crippen molar-refractivity contribution in [3.63, 3.8) is 0 Å². The third-order valence-electron chi connectivity index (χ3n) is 4.97. The van der Waals surface area contributed by atoms with Gasteiger partial charge in [-0.25, -0.2) is 28.1 Å². The van der Waals surface area contributed by atoms with Gasteiger partial charge in [0.1, 0.15) is 6.33 Å². The Kier molecular flexibility index (Phi) is 5.51. The predicted octanol–water partition coefficient (Wildman–Crippen LogP) is 1.94. The van der Waals surface area contributed by atoms with Gasteiger partial charge in [0.25, 0.3) is 0 Å². The van der Waals surface area contributed by atoms with Gasteiger partial charge in [-0.3, -0.25) is 4.79 Å². The van der Waals surface area contributed by atoms with Gasteiger partial charge >= 0.3 is 0 Å². The molecule has 2 aromatic heterocycles. The zero-order valence-electron chi connectivity index (χ0n) is 16.7. The normalized spacial score (nSPS) is 13.9. The molecule has 0 unspecified atom stereocenters. The molecule has 0 amide bonds. The molecule has 4 rings (SSSR count). The molecule has 30 heavy (non-hydrogen) atoms. The van der Waals surface area contributed by atoms with Gasteiger partial charge in [-0.2, -0.15) is 0 Å². The molecule has 3 aromatic rings. The molecule has 158 valence electrons. The maximum absolute atomic E-state index is 12.2. The summed E-state index contributed by atoms with van der Waals surface area (Å²) in [4.78, 5) is 26.1. The smallest absolute Gasteiger partial charge is 0.208 e. The summed E-state index contributed by atoms with van der Waals surface area (Å²) in [6, 6.07) is 4.01. The van der Waals surface area contributed by atoms with E-state index >= 15 is 0 Å². The Hall–Kier alpha value is -2.50. The molecule has 0 fully saturated rings. The molecule has 1 aliphatic carbocycles. The fraction of sp³-hybridized carbons (Fsp3) is 0.368. The summed E-state index contributed by atoms with van der Waals surface area (Å²) in [5.74, 6) is 0.457. The number of rotatable bonds is 7. The first-order valence-electron chi connectivity index (χ1n) is 9.49. The van der Waals surface area contributed by atoms with E-state index in [4.69, 9.17) is 5.73 Å². The molecular weight excluding hydrogens is 424 g/mol. The van der Waals surface area contributed by atoms with Crippen molar-refractivity contribution in [2.24, 2.45) is 0 Å². The Morgan fingerprint density at radius 1 is 1.27 bits per heavy atom. The van der Waals surface area contributed by atoms with Crippen LogP contribution < -0.4 is 10.5 Å². The molecule has 0 atom stereocenters. The Morgan fingerprint density at radius 3 is 2.83 bits per heavy atom. The minimum absolute atomic E-state index is 0.169. The molecule has 0 radical (unpaired) electrons. The average molecular weight is 447 g/mol. The maximum atomic E-state index is 12.2. The number of nitrogens with one attached hydrogen (secondary N) is 1. The first kappa shape index (κ1) is 20.8. The van der Waals surface area contributed by atoms with Crippen LogP contribution in [0.1, 0.15) is 34.3 Å². The van der Waals surface area contributed by atoms with Crippen molar-refractivity contribution < 1.29 is 13.2 Å². The van der Waals surface area contributed by atoms with E-state index in [1.165, 1.54) is 18.1 Å². The lowest BCUT2D eigenvalue weighted by molar-refractivity contribution is 0.0994. The number of nitrogens with zero attached hydrogens (tertiary/aromatic N) is 4. The molecule has 0 bridgehead atoms. The molecule has 2 heterocycles. The highest BCUT2D eigenvalue weighted by Crippen LogP contribution is 2.36. The highest BCUT2D eigenvalue weighted by atomic mass is 32.2. The fourth-order valence-electron chi connectivity index (χ4n) is 3.51. The number of nitrogen functional groups attached to an aromatic ring is 1. The molecule has 1 aliphatic rings. The Morgan fingerprint density at radius 2 is 2.07 bits per heavy atom. The number of carbonyl (C=O) groups is 1. The molecule has 0 saturated heterocycles. The van der Waals surface area contributed by atoms with Gasteiger partial charge in [0.05, 0.1) is 6.26 Å². The lowest BCUT2D eigenvalue weighted by atomic mass is 10.1. The molecule has 9 nitrogen and oxygen atoms in total. The number of nitrogens with two attached hydrogens (primary N) is 1. The number of anilines is 1. The standard InChI is InChI=1S/C19H22N6O3S2/c1-11-8-12-4-5-14(26)13(12)9-15(11)29-19-24-16-17(20)21-10-22-18(16)25(19)7-3-6-23-30(2,27)28/h8-10,23H,3-7H2,1-2H3,(H2,20,21,22). The molecule has 0 spiro atoms. The number of ketones is 1. The number of aryl methyl sites for hydroxylation is 3. The van der Waals surface area contributed by atoms with Crippen molar-refractivity contribution >= 4 is 44.6 Å². The van der Waals surface area contributed by atoms with Gasteiger partial charge in [-0.15, -0.1) is 0 Å². The van der Waals surface area contributed by atoms with E-state index in [2.05, 4.69) is 25.7 Å². The van der Waals surface area contributed by atoms with Crippen molar-refractivity contribution in [3.8, 4) is 0 Å². The number of imidazole rings is 1. The van der Waals surface area contributed by atoms with Crippen molar-refractivity contribution in [2.75, 3.05) is 18.5 Å². The molecule has 1 aromatic carbocycles. The monoisotopic (exact) mass is 446 g/mol. The summed E-state index contributed by atoms with van der Waals surface area (Å²) in [6.45, 7) is 2.82. The van der Waals surface area contributed by atoms with Crippen LogP contribution >= 0.6 is 11.8 Å². The molecular formula is C19H22N6O3S2. The van der Waals surface area contributed by atoms with Crippen molar-refractivity contribution in [1.82, 2.24) is 24.2 Å². The highest BCUT2D eigenvalue weighted by molar-refractivity contribution is 7.99. The van der Waals surface area contributed by atoms with Crippen LogP contribution in [0.4, 0.5) is 5.82 Å². The number of benzene rings is 1. The second-order valence-corrected chi connectivity index (χ2v) is 10.1. The van der Waals surface area contributed by atoms with E-state index in [1.54, 1.807) is 0 Å². The largest absolute Gasteiger partial charge is 0.382 e. The molecule has 3 N–H and O–H groups in total. The fourth-order valence-corrected chi connectivity index (χ4v) is 5.05. The summed E-state index contributed by atoms with van der Waals surface area (Å²) in [5, 5.41) is 0.671. The van der Waals surface area contributed by atoms with Crippen LogP contribution in [0.3, 0.4) is 0 Å². The third kappa shape index (κ3) is 4.18. The Balaban J connectivity index is 1.67. The van der Waals surface area contributed by atoms with Crippen LogP contribution in [0.2, 0.25) is 0 Å². The minimum Gasteiger partial charge on any atom is -0.382 e. The first-order chi connectivity index (χ1) is 14.2. The maximum Gasteiger partial charge on any atom is 0.208 e. The Labute approximate surface area is 178 Å². The van der Waals surface area contributed by atoms with Crippen LogP contribution in [-0.4, -0.2) is 46.5 Å². The zero-order chi connectivity index (χ0) is 21.5. The van der Waals surface area contributed by atoms with Crippen LogP contribution in [-0.2, 0) is 23.0 Å². The lowest BCUT2D eigenvalue weighted by Gasteiger charge is -2.11. The van der Waals surface area contributed by atoms with E-state index in [9.17, 15) is 13.2 Å². The summed E-state index contributed by atoms with van der Waals surface area (Å²) in [7, 11) is -3.25. The average Bonchev–Trinajstić information content (AvgIpc) is 3.20. The van der Waals surface area contributed by atoms with Crippen molar-refractivity contribution in [3.05, 3.63) is 35.2 Å². The molecule has 0 aliphatic heterocycles. The number of hydrogen-bond acceptors (Lipinski definition) is 8. The topological polar surface area (TPSA) is 133 Å². The summed E-state index contributed by atoms with van der Waals surface area (Å²) in [6.07, 6.45) is 4.42. The van der Waals surface area contributed by atoms with E-state index in [0.717, 1.165) is 34.3 Å². The van der Waals surface area contributed by atoms with Gasteiger partial charge in [-0.1, -0.05) is 17.8 Å². The number of aromatic nitrogens is 4. The lowest BCUT2D eigenvalue weighted by Crippen LogP contribution is -2.24. The third-order valence-corrected chi connectivity index (χ3v) is 6.85. The van der Waals surface area contributed by atoms with E-state index in [0.29, 0.717) is 42.3 Å². The van der Waals surface area contributed by atoms with Crippen LogP contribution in [0.15, 0.2) is 28.5 Å². The van der Waals surface area contributed by atoms with Gasteiger partial charge in [0.15, 0.2) is 27.9 Å². The number of fused-ring (bicyclic) bond motifs is 2. The van der Waals surface area contributed by atoms with Gasteiger partial charge in [-0.05, 0) is 37.0 Å². The second-order valence-electron chi connectivity index (χ2n) is 7.30. The van der Waals surface area contributed by atoms with Gasteiger partial charge < -0.3 is 10.3 Å². The molecule has 0 saturated carbocycles. The summed E-state index contributed by atoms with van der Waals surface area (Å²) < 4.78 is 27.0. The highest BCUT2D eigenvalue weighted by Gasteiger charge is 2.22. The SMILES string of the molecule is Cc1cc2c(cc1Sc1nc3c(N)ncnc3n1CCCNS(C)(=O)=O)C(=O)CC2. The first-order valence-corrected chi connectivity index (χ1v) is 12.2. The molecule has 11 heteroatoms. The van der Waals surface area contributed by atoms with E-state index < -0.39 is 10.0 Å². The van der Waals surface area contributed by atoms with Crippen molar-refractivity contribution in [1.29, 1.82) is 0 Å². The van der Waals surface area contributed by atoms with E-state index in [1.807, 2.05) is 17.6 Å². The predicted molar refractivity (Wildman–Crippen MR) is 115 cm³/mol. The van der Waals surface area contributed by atoms with Gasteiger partial charge in [0.2, 0.25) is 10.0 Å².